The molecule has 1 aliphatic heterocycles. The van der Waals surface area contributed by atoms with E-state index < -0.39 is 29.2 Å². The van der Waals surface area contributed by atoms with E-state index in [-0.39, 0.29) is 5.69 Å². The molecular weight excluding hydrogens is 383 g/mol. The van der Waals surface area contributed by atoms with Crippen LogP contribution in [0.5, 0.6) is 0 Å². The van der Waals surface area contributed by atoms with Crippen LogP contribution >= 0.6 is 0 Å². The summed E-state index contributed by atoms with van der Waals surface area (Å²) >= 11 is 0. The molecule has 1 aliphatic rings. The number of amides is 1. The highest BCUT2D eigenvalue weighted by molar-refractivity contribution is 6.14. The van der Waals surface area contributed by atoms with Gasteiger partial charge in [0.2, 0.25) is 0 Å². The van der Waals surface area contributed by atoms with Gasteiger partial charge in [-0.05, 0) is 17.0 Å². The summed E-state index contributed by atoms with van der Waals surface area (Å²) in [6.45, 7) is 0. The lowest BCUT2D eigenvalue weighted by atomic mass is 9.92. The van der Waals surface area contributed by atoms with Gasteiger partial charge in [0.1, 0.15) is 0 Å². The minimum Gasteiger partial charge on any atom is -0.431 e. The van der Waals surface area contributed by atoms with Gasteiger partial charge in [-0.25, -0.2) is 4.79 Å². The van der Waals surface area contributed by atoms with Crippen LogP contribution in [-0.4, -0.2) is 18.1 Å². The van der Waals surface area contributed by atoms with Gasteiger partial charge < -0.3 is 10.1 Å². The average Bonchev–Trinajstić information content (AvgIpc) is 3.00. The number of benzene rings is 3. The number of hydrogen-bond donors (Lipinski definition) is 1. The highest BCUT2D eigenvalue weighted by Gasteiger charge is 2.68. The molecule has 0 saturated carbocycles. The van der Waals surface area contributed by atoms with Gasteiger partial charge in [0.25, 0.3) is 5.91 Å². The number of hydrogen-bond acceptors (Lipinski definition) is 3. The highest BCUT2D eigenvalue weighted by atomic mass is 19.4. The molecule has 1 heterocycles. The lowest BCUT2D eigenvalue weighted by molar-refractivity contribution is -0.260. The summed E-state index contributed by atoms with van der Waals surface area (Å²) in [4.78, 5) is 24.8. The maximum absolute atomic E-state index is 14.1. The first-order valence-corrected chi connectivity index (χ1v) is 8.69. The van der Waals surface area contributed by atoms with E-state index in [2.05, 4.69) is 5.32 Å². The molecule has 3 aromatic carbocycles. The molecule has 0 fully saturated rings. The smallest absolute Gasteiger partial charge is 0.431 e. The molecule has 0 aliphatic carbocycles. The second kappa shape index (κ2) is 6.77. The normalized spacial score (nSPS) is 18.7. The van der Waals surface area contributed by atoms with E-state index in [1.165, 1.54) is 12.1 Å². The van der Waals surface area contributed by atoms with E-state index >= 15 is 0 Å². The number of nitrogens with one attached hydrogen (secondary N) is 1. The minimum absolute atomic E-state index is 0.00901. The fraction of sp³-hybridized carbons (Fsp3) is 0.0909. The second-order valence-electron chi connectivity index (χ2n) is 6.51. The van der Waals surface area contributed by atoms with E-state index in [4.69, 9.17) is 4.74 Å². The average molecular weight is 397 g/mol. The van der Waals surface area contributed by atoms with E-state index in [1.807, 2.05) is 0 Å². The van der Waals surface area contributed by atoms with Crippen molar-refractivity contribution >= 4 is 34.4 Å². The zero-order valence-electron chi connectivity index (χ0n) is 14.9. The largest absolute Gasteiger partial charge is 0.442 e. The summed E-state index contributed by atoms with van der Waals surface area (Å²) in [6.07, 6.45) is -2.96. The second-order valence-corrected chi connectivity index (χ2v) is 6.51. The molecule has 1 atom stereocenters. The van der Waals surface area contributed by atoms with Crippen LogP contribution in [0, 0.1) is 0 Å². The van der Waals surface area contributed by atoms with Gasteiger partial charge in [-0.15, -0.1) is 0 Å². The first-order chi connectivity index (χ1) is 13.8. The van der Waals surface area contributed by atoms with Crippen molar-refractivity contribution in [2.75, 3.05) is 5.32 Å². The van der Waals surface area contributed by atoms with Crippen LogP contribution in [-0.2, 0) is 19.9 Å². The number of esters is 1. The molecule has 7 heteroatoms. The molecular formula is C22H14F3NO3. The fourth-order valence-electron chi connectivity index (χ4n) is 3.38. The summed E-state index contributed by atoms with van der Waals surface area (Å²) in [5.41, 5.74) is -3.25. The monoisotopic (exact) mass is 397 g/mol. The molecule has 0 spiro atoms. The van der Waals surface area contributed by atoms with Crippen molar-refractivity contribution in [3.8, 4) is 0 Å². The third kappa shape index (κ3) is 3.04. The van der Waals surface area contributed by atoms with Gasteiger partial charge in [0.15, 0.2) is 0 Å². The summed E-state index contributed by atoms with van der Waals surface area (Å²) in [7, 11) is 0. The predicted molar refractivity (Wildman–Crippen MR) is 102 cm³/mol. The SMILES string of the molecule is O=C(C=Cc1ccccc1)OC1(C(F)(F)F)C(=O)Nc2c1ccc1ccccc21. The predicted octanol–water partition coefficient (Wildman–Crippen LogP) is 4.81. The number of alkyl halides is 3. The Kier molecular flexibility index (Phi) is 4.38. The Balaban J connectivity index is 1.78. The van der Waals surface area contributed by atoms with Crippen LogP contribution in [0.3, 0.4) is 0 Å². The molecule has 4 rings (SSSR count). The molecule has 146 valence electrons. The van der Waals surface area contributed by atoms with E-state index in [1.54, 1.807) is 54.6 Å². The number of ether oxygens (including phenoxy) is 1. The van der Waals surface area contributed by atoms with Crippen molar-refractivity contribution in [3.63, 3.8) is 0 Å². The van der Waals surface area contributed by atoms with Gasteiger partial charge in [0.05, 0.1) is 5.69 Å². The Morgan fingerprint density at radius 1 is 0.966 bits per heavy atom. The number of halogens is 3. The zero-order valence-corrected chi connectivity index (χ0v) is 14.9. The number of rotatable bonds is 3. The fourth-order valence-corrected chi connectivity index (χ4v) is 3.38. The van der Waals surface area contributed by atoms with Crippen molar-refractivity contribution in [1.82, 2.24) is 0 Å². The van der Waals surface area contributed by atoms with Crippen molar-refractivity contribution in [1.29, 1.82) is 0 Å². The van der Waals surface area contributed by atoms with Crippen LogP contribution in [0.25, 0.3) is 16.8 Å². The summed E-state index contributed by atoms with van der Waals surface area (Å²) < 4.78 is 47.1. The molecule has 29 heavy (non-hydrogen) atoms. The van der Waals surface area contributed by atoms with E-state index in [9.17, 15) is 22.8 Å². The Bertz CT molecular complexity index is 1140. The van der Waals surface area contributed by atoms with Crippen molar-refractivity contribution in [3.05, 3.63) is 83.9 Å². The molecule has 0 radical (unpaired) electrons. The lowest BCUT2D eigenvalue weighted by Gasteiger charge is -2.29. The molecule has 1 N–H and O–H groups in total. The van der Waals surface area contributed by atoms with Crippen molar-refractivity contribution < 1.29 is 27.5 Å². The first-order valence-electron chi connectivity index (χ1n) is 8.69. The maximum Gasteiger partial charge on any atom is 0.442 e. The molecule has 0 bridgehead atoms. The first kappa shape index (κ1) is 18.7. The Labute approximate surface area is 163 Å². The van der Waals surface area contributed by atoms with Gasteiger partial charge >= 0.3 is 17.7 Å². The van der Waals surface area contributed by atoms with E-state index in [0.29, 0.717) is 16.3 Å². The van der Waals surface area contributed by atoms with Crippen molar-refractivity contribution in [2.24, 2.45) is 0 Å². The van der Waals surface area contributed by atoms with Gasteiger partial charge in [-0.2, -0.15) is 13.2 Å². The van der Waals surface area contributed by atoms with Gasteiger partial charge in [0, 0.05) is 17.0 Å². The molecule has 1 unspecified atom stereocenters. The van der Waals surface area contributed by atoms with Crippen molar-refractivity contribution in [2.45, 2.75) is 11.8 Å². The quantitative estimate of drug-likeness (QED) is 0.510. The summed E-state index contributed by atoms with van der Waals surface area (Å²) in [5.74, 6) is -2.72. The van der Waals surface area contributed by atoms with Crippen LogP contribution in [0.4, 0.5) is 18.9 Å². The van der Waals surface area contributed by atoms with Crippen LogP contribution in [0.2, 0.25) is 0 Å². The number of carbonyl (C=O) groups is 2. The number of anilines is 1. The van der Waals surface area contributed by atoms with Gasteiger partial charge in [-0.3, -0.25) is 4.79 Å². The Morgan fingerprint density at radius 2 is 1.66 bits per heavy atom. The molecule has 1 amide bonds. The molecule has 3 aromatic rings. The lowest BCUT2D eigenvalue weighted by Crippen LogP contribution is -2.51. The van der Waals surface area contributed by atoms with E-state index in [0.717, 1.165) is 12.1 Å². The zero-order chi connectivity index (χ0) is 20.6. The Hall–Kier alpha value is -3.61. The number of carbonyl (C=O) groups excluding carboxylic acids is 2. The van der Waals surface area contributed by atoms with Crippen LogP contribution < -0.4 is 5.32 Å². The van der Waals surface area contributed by atoms with Crippen LogP contribution in [0.15, 0.2) is 72.8 Å². The highest BCUT2D eigenvalue weighted by Crippen LogP contribution is 2.51. The van der Waals surface area contributed by atoms with Gasteiger partial charge in [-0.1, -0.05) is 66.7 Å². The standard InChI is InChI=1S/C22H14F3NO3/c23-22(24,25)21(29-18(27)13-10-14-6-2-1-3-7-14)17-12-11-15-8-4-5-9-16(15)19(17)26-20(21)28/h1-13H,(H,26,28). The minimum atomic E-state index is -5.15. The Morgan fingerprint density at radius 3 is 2.38 bits per heavy atom. The molecule has 4 nitrogen and oxygen atoms in total. The third-order valence-corrected chi connectivity index (χ3v) is 4.73. The summed E-state index contributed by atoms with van der Waals surface area (Å²) in [5, 5.41) is 3.34. The number of fused-ring (bicyclic) bond motifs is 3. The van der Waals surface area contributed by atoms with Crippen LogP contribution in [0.1, 0.15) is 11.1 Å². The summed E-state index contributed by atoms with van der Waals surface area (Å²) in [6, 6.07) is 17.9. The molecule has 0 aromatic heterocycles. The third-order valence-electron chi connectivity index (χ3n) is 4.73. The maximum atomic E-state index is 14.1. The molecule has 0 saturated heterocycles. The topological polar surface area (TPSA) is 55.4 Å².